The van der Waals surface area contributed by atoms with Gasteiger partial charge in [0.2, 0.25) is 0 Å². The molecule has 0 unspecified atom stereocenters. The van der Waals surface area contributed by atoms with Crippen LogP contribution in [0.5, 0.6) is 0 Å². The summed E-state index contributed by atoms with van der Waals surface area (Å²) in [5.74, 6) is -1.18. The molecule has 3 nitrogen and oxygen atoms in total. The minimum absolute atomic E-state index is 0.345. The van der Waals surface area contributed by atoms with E-state index in [0.29, 0.717) is 22.9 Å². The minimum atomic E-state index is -0.589. The van der Waals surface area contributed by atoms with Gasteiger partial charge in [-0.2, -0.15) is 0 Å². The molecule has 1 aromatic carbocycles. The molecule has 0 radical (unpaired) electrons. The van der Waals surface area contributed by atoms with E-state index in [1.165, 1.54) is 23.9 Å². The summed E-state index contributed by atoms with van der Waals surface area (Å²) < 4.78 is 28.7. The van der Waals surface area contributed by atoms with Crippen molar-refractivity contribution in [2.24, 2.45) is 5.73 Å². The second-order valence-corrected chi connectivity index (χ2v) is 5.54. The van der Waals surface area contributed by atoms with E-state index in [1.807, 2.05) is 28.8 Å². The number of aromatic nitrogens is 2. The molecule has 0 atom stereocenters. The Labute approximate surface area is 124 Å². The van der Waals surface area contributed by atoms with Gasteiger partial charge < -0.3 is 10.1 Å². The van der Waals surface area contributed by atoms with Crippen molar-refractivity contribution in [3.8, 4) is 0 Å². The average molecular weight is 305 g/mol. The second-order valence-electron chi connectivity index (χ2n) is 4.51. The summed E-state index contributed by atoms with van der Waals surface area (Å²) in [5.41, 5.74) is 7.36. The highest BCUT2D eigenvalue weighted by Gasteiger charge is 2.14. The molecule has 6 heteroatoms. The molecule has 0 amide bonds. The van der Waals surface area contributed by atoms with E-state index < -0.39 is 11.6 Å². The van der Waals surface area contributed by atoms with Gasteiger partial charge in [-0.25, -0.2) is 13.8 Å². The van der Waals surface area contributed by atoms with Gasteiger partial charge in [0.25, 0.3) is 0 Å². The van der Waals surface area contributed by atoms with Gasteiger partial charge in [-0.05, 0) is 30.8 Å². The number of nitrogens with zero attached hydrogens (tertiary/aromatic N) is 2. The van der Waals surface area contributed by atoms with Crippen LogP contribution in [0.4, 0.5) is 8.78 Å². The molecule has 2 aromatic heterocycles. The van der Waals surface area contributed by atoms with Crippen molar-refractivity contribution in [1.82, 2.24) is 9.38 Å². The predicted molar refractivity (Wildman–Crippen MR) is 78.4 cm³/mol. The van der Waals surface area contributed by atoms with Crippen LogP contribution in [0, 0.1) is 11.6 Å². The molecule has 3 aromatic rings. The van der Waals surface area contributed by atoms with Crippen molar-refractivity contribution in [1.29, 1.82) is 0 Å². The number of benzene rings is 1. The maximum absolute atomic E-state index is 13.8. The van der Waals surface area contributed by atoms with Crippen LogP contribution in [0.15, 0.2) is 52.5 Å². The summed E-state index contributed by atoms with van der Waals surface area (Å²) >= 11 is 1.19. The molecule has 0 saturated carbocycles. The highest BCUT2D eigenvalue weighted by molar-refractivity contribution is 7.99. The fourth-order valence-electron chi connectivity index (χ4n) is 2.13. The zero-order valence-electron chi connectivity index (χ0n) is 11.1. The maximum atomic E-state index is 13.8. The van der Waals surface area contributed by atoms with Crippen LogP contribution >= 0.6 is 11.8 Å². The van der Waals surface area contributed by atoms with Gasteiger partial charge in [0, 0.05) is 23.6 Å². The summed E-state index contributed by atoms with van der Waals surface area (Å²) in [7, 11) is 0. The Kier molecular flexibility index (Phi) is 3.90. The zero-order chi connectivity index (χ0) is 14.8. The first-order valence-corrected chi connectivity index (χ1v) is 7.29. The summed E-state index contributed by atoms with van der Waals surface area (Å²) in [6.07, 6.45) is 2.54. The van der Waals surface area contributed by atoms with Gasteiger partial charge in [-0.1, -0.05) is 17.8 Å². The van der Waals surface area contributed by atoms with E-state index in [9.17, 15) is 8.78 Å². The van der Waals surface area contributed by atoms with Gasteiger partial charge in [-0.15, -0.1) is 0 Å². The molecule has 0 aliphatic heterocycles. The number of pyridine rings is 1. The molecule has 0 spiro atoms. The van der Waals surface area contributed by atoms with Crippen LogP contribution in [-0.2, 0) is 6.42 Å². The highest BCUT2D eigenvalue weighted by Crippen LogP contribution is 2.32. The van der Waals surface area contributed by atoms with Gasteiger partial charge in [-0.3, -0.25) is 0 Å². The Balaban J connectivity index is 2.05. The first-order valence-electron chi connectivity index (χ1n) is 6.48. The van der Waals surface area contributed by atoms with E-state index in [0.717, 1.165) is 17.4 Å². The fraction of sp³-hybridized carbons (Fsp3) is 0.133. The Bertz CT molecular complexity index is 786. The van der Waals surface area contributed by atoms with Crippen molar-refractivity contribution >= 4 is 17.4 Å². The van der Waals surface area contributed by atoms with E-state index in [1.54, 1.807) is 0 Å². The number of hydrogen-bond acceptors (Lipinski definition) is 3. The predicted octanol–water partition coefficient (Wildman–Crippen LogP) is 3.26. The lowest BCUT2D eigenvalue weighted by atomic mass is 10.3. The summed E-state index contributed by atoms with van der Waals surface area (Å²) in [4.78, 5) is 4.85. The minimum Gasteiger partial charge on any atom is -0.330 e. The first-order chi connectivity index (χ1) is 10.2. The van der Waals surface area contributed by atoms with Crippen LogP contribution in [0.1, 0.15) is 5.69 Å². The largest absolute Gasteiger partial charge is 0.330 e. The quantitative estimate of drug-likeness (QED) is 0.804. The number of fused-ring (bicyclic) bond motifs is 1. The standard InChI is InChI=1S/C15H13F2N3S/c16-10-4-5-13(11(17)9-10)21-15-12(6-7-18)20-8-2-1-3-14(20)19-15/h1-5,8-9H,6-7,18H2. The maximum Gasteiger partial charge on any atom is 0.140 e. The third kappa shape index (κ3) is 2.77. The van der Waals surface area contributed by atoms with Crippen molar-refractivity contribution in [2.45, 2.75) is 16.3 Å². The average Bonchev–Trinajstić information content (AvgIpc) is 2.81. The second kappa shape index (κ2) is 5.83. The summed E-state index contributed by atoms with van der Waals surface area (Å²) in [5, 5.41) is 0.692. The van der Waals surface area contributed by atoms with E-state index in [4.69, 9.17) is 5.73 Å². The van der Waals surface area contributed by atoms with E-state index in [2.05, 4.69) is 4.98 Å². The molecule has 2 heterocycles. The number of imidazole rings is 1. The van der Waals surface area contributed by atoms with Gasteiger partial charge in [0.1, 0.15) is 22.3 Å². The van der Waals surface area contributed by atoms with Crippen LogP contribution in [0.2, 0.25) is 0 Å². The smallest absolute Gasteiger partial charge is 0.140 e. The van der Waals surface area contributed by atoms with Gasteiger partial charge >= 0.3 is 0 Å². The number of halogens is 2. The summed E-state index contributed by atoms with van der Waals surface area (Å²) in [6.45, 7) is 0.474. The van der Waals surface area contributed by atoms with Gasteiger partial charge in [0.05, 0.1) is 5.69 Å². The Morgan fingerprint density at radius 2 is 2.05 bits per heavy atom. The normalized spacial score (nSPS) is 11.2. The Hall–Kier alpha value is -1.92. The van der Waals surface area contributed by atoms with Gasteiger partial charge in [0.15, 0.2) is 0 Å². The van der Waals surface area contributed by atoms with E-state index >= 15 is 0 Å². The van der Waals surface area contributed by atoms with Crippen LogP contribution in [-0.4, -0.2) is 15.9 Å². The lowest BCUT2D eigenvalue weighted by Crippen LogP contribution is -2.06. The molecule has 21 heavy (non-hydrogen) atoms. The van der Waals surface area contributed by atoms with Crippen LogP contribution < -0.4 is 5.73 Å². The number of rotatable bonds is 4. The molecular formula is C15H13F2N3S. The third-order valence-corrected chi connectivity index (χ3v) is 4.15. The molecule has 0 saturated heterocycles. The van der Waals surface area contributed by atoms with Crippen molar-refractivity contribution in [2.75, 3.05) is 6.54 Å². The Morgan fingerprint density at radius 3 is 2.81 bits per heavy atom. The topological polar surface area (TPSA) is 43.3 Å². The van der Waals surface area contributed by atoms with Crippen molar-refractivity contribution in [3.63, 3.8) is 0 Å². The zero-order valence-corrected chi connectivity index (χ0v) is 11.9. The molecule has 0 bridgehead atoms. The lowest BCUT2D eigenvalue weighted by Gasteiger charge is -2.04. The third-order valence-electron chi connectivity index (χ3n) is 3.07. The molecule has 0 aliphatic rings. The highest BCUT2D eigenvalue weighted by atomic mass is 32.2. The van der Waals surface area contributed by atoms with Crippen molar-refractivity contribution < 1.29 is 8.78 Å². The fourth-order valence-corrected chi connectivity index (χ4v) is 3.09. The van der Waals surface area contributed by atoms with Crippen LogP contribution in [0.25, 0.3) is 5.65 Å². The number of nitrogens with two attached hydrogens (primary N) is 1. The molecule has 0 fully saturated rings. The number of hydrogen-bond donors (Lipinski definition) is 1. The first kappa shape index (κ1) is 14.0. The molecule has 108 valence electrons. The van der Waals surface area contributed by atoms with E-state index in [-0.39, 0.29) is 0 Å². The lowest BCUT2D eigenvalue weighted by molar-refractivity contribution is 0.565. The molecular weight excluding hydrogens is 292 g/mol. The van der Waals surface area contributed by atoms with Crippen molar-refractivity contribution in [3.05, 3.63) is 59.9 Å². The Morgan fingerprint density at radius 1 is 1.19 bits per heavy atom. The molecule has 3 rings (SSSR count). The SMILES string of the molecule is NCCc1c(Sc2ccc(F)cc2F)nc2ccccn12. The molecule has 2 N–H and O–H groups in total. The monoisotopic (exact) mass is 305 g/mol. The van der Waals surface area contributed by atoms with Crippen LogP contribution in [0.3, 0.4) is 0 Å². The molecule has 0 aliphatic carbocycles. The summed E-state index contributed by atoms with van der Waals surface area (Å²) in [6, 6.07) is 9.21.